The molecule has 1 rings (SSSR count). The summed E-state index contributed by atoms with van der Waals surface area (Å²) >= 11 is 9.20. The second-order valence-electron chi connectivity index (χ2n) is 3.92. The zero-order valence-corrected chi connectivity index (χ0v) is 12.5. The molecule has 0 saturated carbocycles. The monoisotopic (exact) mass is 317 g/mol. The van der Waals surface area contributed by atoms with Crippen LogP contribution in [0.15, 0.2) is 22.7 Å². The van der Waals surface area contributed by atoms with E-state index in [0.29, 0.717) is 18.0 Å². The number of hydrogen-bond acceptors (Lipinski definition) is 1. The van der Waals surface area contributed by atoms with Gasteiger partial charge in [0.25, 0.3) is 5.91 Å². The van der Waals surface area contributed by atoms with Crippen molar-refractivity contribution >= 4 is 33.4 Å². The molecule has 0 heterocycles. The minimum Gasteiger partial charge on any atom is -0.337 e. The number of carbonyl (C=O) groups is 1. The summed E-state index contributed by atoms with van der Waals surface area (Å²) in [6, 6.07) is 5.72. The van der Waals surface area contributed by atoms with Crippen LogP contribution in [-0.4, -0.2) is 29.8 Å². The molecule has 2 nitrogen and oxygen atoms in total. The van der Waals surface area contributed by atoms with Gasteiger partial charge in [-0.1, -0.05) is 19.1 Å². The predicted octanol–water partition coefficient (Wildman–Crippen LogP) is 3.85. The van der Waals surface area contributed by atoms with Crippen LogP contribution >= 0.6 is 27.5 Å². The zero-order chi connectivity index (χ0) is 12.8. The van der Waals surface area contributed by atoms with E-state index in [0.717, 1.165) is 23.0 Å². The predicted molar refractivity (Wildman–Crippen MR) is 75.8 cm³/mol. The summed E-state index contributed by atoms with van der Waals surface area (Å²) < 4.78 is 0.876. The average Bonchev–Trinajstić information content (AvgIpc) is 2.31. The summed E-state index contributed by atoms with van der Waals surface area (Å²) in [6.07, 6.45) is 0.937. The first-order valence-electron chi connectivity index (χ1n) is 5.72. The van der Waals surface area contributed by atoms with Gasteiger partial charge in [-0.15, -0.1) is 11.6 Å². The van der Waals surface area contributed by atoms with E-state index in [1.165, 1.54) is 0 Å². The van der Waals surface area contributed by atoms with Crippen LogP contribution in [0.2, 0.25) is 0 Å². The van der Waals surface area contributed by atoms with Crippen molar-refractivity contribution in [3.63, 3.8) is 0 Å². The van der Waals surface area contributed by atoms with Crippen molar-refractivity contribution in [3.05, 3.63) is 33.8 Å². The number of amides is 1. The minimum absolute atomic E-state index is 0.0445. The highest BCUT2D eigenvalue weighted by atomic mass is 79.9. The maximum Gasteiger partial charge on any atom is 0.255 e. The lowest BCUT2D eigenvalue weighted by Crippen LogP contribution is -2.33. The maximum atomic E-state index is 12.3. The molecular formula is C13H17BrClNO. The number of halogens is 2. The Kier molecular flexibility index (Phi) is 6.00. The molecule has 1 amide bonds. The van der Waals surface area contributed by atoms with Crippen molar-refractivity contribution in [1.82, 2.24) is 4.90 Å². The molecular weight excluding hydrogens is 302 g/mol. The average molecular weight is 319 g/mol. The topological polar surface area (TPSA) is 20.3 Å². The number of aryl methyl sites for hydroxylation is 1. The highest BCUT2D eigenvalue weighted by Gasteiger charge is 2.17. The maximum absolute atomic E-state index is 12.3. The van der Waals surface area contributed by atoms with Gasteiger partial charge in [-0.3, -0.25) is 4.79 Å². The summed E-state index contributed by atoms with van der Waals surface area (Å²) in [4.78, 5) is 14.1. The van der Waals surface area contributed by atoms with Crippen molar-refractivity contribution in [1.29, 1.82) is 0 Å². The lowest BCUT2D eigenvalue weighted by atomic mass is 10.1. The second kappa shape index (κ2) is 7.02. The third-order valence-electron chi connectivity index (χ3n) is 2.56. The molecule has 0 aromatic heterocycles. The molecule has 0 aliphatic heterocycles. The molecule has 0 radical (unpaired) electrons. The van der Waals surface area contributed by atoms with Crippen LogP contribution in [-0.2, 0) is 0 Å². The Morgan fingerprint density at radius 3 is 2.71 bits per heavy atom. The Balaban J connectivity index is 2.96. The highest BCUT2D eigenvalue weighted by Crippen LogP contribution is 2.22. The largest absolute Gasteiger partial charge is 0.337 e. The first-order chi connectivity index (χ1) is 8.11. The van der Waals surface area contributed by atoms with Crippen molar-refractivity contribution in [2.75, 3.05) is 19.0 Å². The highest BCUT2D eigenvalue weighted by molar-refractivity contribution is 9.10. The van der Waals surface area contributed by atoms with Crippen molar-refractivity contribution in [2.24, 2.45) is 0 Å². The number of rotatable bonds is 5. The normalized spacial score (nSPS) is 10.4. The van der Waals surface area contributed by atoms with Crippen LogP contribution in [0.25, 0.3) is 0 Å². The van der Waals surface area contributed by atoms with Gasteiger partial charge in [-0.25, -0.2) is 0 Å². The number of nitrogens with zero attached hydrogens (tertiary/aromatic N) is 1. The van der Waals surface area contributed by atoms with Crippen LogP contribution in [0.4, 0.5) is 0 Å². The second-order valence-corrected chi connectivity index (χ2v) is 5.09. The Hall–Kier alpha value is -0.540. The van der Waals surface area contributed by atoms with Gasteiger partial charge >= 0.3 is 0 Å². The molecule has 0 fully saturated rings. The smallest absolute Gasteiger partial charge is 0.255 e. The van der Waals surface area contributed by atoms with Crippen LogP contribution in [0.1, 0.15) is 29.3 Å². The molecule has 0 saturated heterocycles. The number of hydrogen-bond donors (Lipinski definition) is 0. The molecule has 17 heavy (non-hydrogen) atoms. The molecule has 4 heteroatoms. The van der Waals surface area contributed by atoms with E-state index >= 15 is 0 Å². The fraction of sp³-hybridized carbons (Fsp3) is 0.462. The van der Waals surface area contributed by atoms with Gasteiger partial charge in [-0.05, 0) is 40.9 Å². The third-order valence-corrected chi connectivity index (χ3v) is 3.78. The first-order valence-corrected chi connectivity index (χ1v) is 7.05. The molecule has 0 atom stereocenters. The Morgan fingerprint density at radius 1 is 1.41 bits per heavy atom. The first kappa shape index (κ1) is 14.5. The van der Waals surface area contributed by atoms with Gasteiger partial charge in [-0.2, -0.15) is 0 Å². The van der Waals surface area contributed by atoms with Gasteiger partial charge in [0.15, 0.2) is 0 Å². The van der Waals surface area contributed by atoms with Crippen LogP contribution in [0.5, 0.6) is 0 Å². The van der Waals surface area contributed by atoms with Crippen LogP contribution in [0.3, 0.4) is 0 Å². The van der Waals surface area contributed by atoms with E-state index < -0.39 is 0 Å². The molecule has 0 bridgehead atoms. The number of carbonyl (C=O) groups excluding carboxylic acids is 1. The van der Waals surface area contributed by atoms with E-state index in [1.54, 1.807) is 4.90 Å². The zero-order valence-electron chi connectivity index (χ0n) is 10.2. The molecule has 1 aromatic carbocycles. The third kappa shape index (κ3) is 3.71. The van der Waals surface area contributed by atoms with E-state index in [4.69, 9.17) is 11.6 Å². The summed E-state index contributed by atoms with van der Waals surface area (Å²) in [7, 11) is 0. The molecule has 0 aliphatic carbocycles. The Labute approximate surface area is 116 Å². The number of alkyl halides is 1. The van der Waals surface area contributed by atoms with E-state index in [9.17, 15) is 4.79 Å². The molecule has 94 valence electrons. The summed E-state index contributed by atoms with van der Waals surface area (Å²) in [5.41, 5.74) is 1.78. The molecule has 1 aromatic rings. The summed E-state index contributed by atoms with van der Waals surface area (Å²) in [5.74, 6) is 0.512. The van der Waals surface area contributed by atoms with Gasteiger partial charge in [0.2, 0.25) is 0 Å². The van der Waals surface area contributed by atoms with Crippen LogP contribution in [0, 0.1) is 6.92 Å². The Morgan fingerprint density at radius 2 is 2.12 bits per heavy atom. The van der Waals surface area contributed by atoms with Crippen molar-refractivity contribution in [3.8, 4) is 0 Å². The molecule has 0 aliphatic rings. The van der Waals surface area contributed by atoms with E-state index in [2.05, 4.69) is 22.9 Å². The standard InChI is InChI=1S/C13H17BrClNO/c1-3-8-16(9-7-15)13(17)11-6-4-5-10(2)12(11)14/h4-6H,3,7-9H2,1-2H3. The van der Waals surface area contributed by atoms with E-state index in [1.807, 2.05) is 25.1 Å². The summed E-state index contributed by atoms with van der Waals surface area (Å²) in [6.45, 7) is 5.37. The Bertz CT molecular complexity index is 389. The van der Waals surface area contributed by atoms with Gasteiger partial charge < -0.3 is 4.90 Å². The minimum atomic E-state index is 0.0445. The molecule has 0 N–H and O–H groups in total. The SMILES string of the molecule is CCCN(CCCl)C(=O)c1cccc(C)c1Br. The van der Waals surface area contributed by atoms with Gasteiger partial charge in [0, 0.05) is 23.4 Å². The quantitative estimate of drug-likeness (QED) is 0.755. The fourth-order valence-electron chi connectivity index (χ4n) is 1.67. The number of benzene rings is 1. The lowest BCUT2D eigenvalue weighted by Gasteiger charge is -2.22. The molecule has 0 spiro atoms. The lowest BCUT2D eigenvalue weighted by molar-refractivity contribution is 0.0764. The van der Waals surface area contributed by atoms with Crippen molar-refractivity contribution < 1.29 is 4.79 Å². The fourth-order valence-corrected chi connectivity index (χ4v) is 2.31. The van der Waals surface area contributed by atoms with E-state index in [-0.39, 0.29) is 5.91 Å². The molecule has 0 unspecified atom stereocenters. The van der Waals surface area contributed by atoms with Crippen LogP contribution < -0.4 is 0 Å². The van der Waals surface area contributed by atoms with Crippen molar-refractivity contribution in [2.45, 2.75) is 20.3 Å². The van der Waals surface area contributed by atoms with Gasteiger partial charge in [0.1, 0.15) is 0 Å². The summed E-state index contributed by atoms with van der Waals surface area (Å²) in [5, 5.41) is 0. The van der Waals surface area contributed by atoms with Gasteiger partial charge in [0.05, 0.1) is 5.56 Å².